The minimum absolute atomic E-state index is 0.195. The van der Waals surface area contributed by atoms with Crippen LogP contribution in [0.25, 0.3) is 0 Å². The molecule has 0 radical (unpaired) electrons. The molecule has 0 saturated carbocycles. The van der Waals surface area contributed by atoms with Crippen molar-refractivity contribution >= 4 is 52.5 Å². The van der Waals surface area contributed by atoms with Crippen LogP contribution in [0.1, 0.15) is 36.7 Å². The molecular formula is C20H22Cl2N2O2S. The van der Waals surface area contributed by atoms with Crippen LogP contribution in [0.15, 0.2) is 42.5 Å². The van der Waals surface area contributed by atoms with E-state index in [1.807, 2.05) is 20.8 Å². The Kier molecular flexibility index (Phi) is 7.59. The van der Waals surface area contributed by atoms with E-state index < -0.39 is 0 Å². The van der Waals surface area contributed by atoms with Gasteiger partial charge in [-0.25, -0.2) is 0 Å². The van der Waals surface area contributed by atoms with Crippen molar-refractivity contribution in [2.24, 2.45) is 0 Å². The molecule has 0 saturated heterocycles. The second-order valence-electron chi connectivity index (χ2n) is 6.99. The van der Waals surface area contributed by atoms with E-state index >= 15 is 0 Å². The Hall–Kier alpha value is -1.69. The minimum atomic E-state index is -0.363. The Morgan fingerprint density at radius 1 is 1.00 bits per heavy atom. The number of benzene rings is 2. The summed E-state index contributed by atoms with van der Waals surface area (Å²) in [5.74, 6) is 0.322. The topological polar surface area (TPSA) is 58.2 Å². The molecule has 2 N–H and O–H groups in total. The first-order valence-corrected chi connectivity index (χ1v) is 10.3. The smallest absolute Gasteiger partial charge is 0.253 e. The van der Waals surface area contributed by atoms with E-state index in [1.54, 1.807) is 42.5 Å². The Balaban J connectivity index is 1.97. The first kappa shape index (κ1) is 21.6. The van der Waals surface area contributed by atoms with Crippen molar-refractivity contribution in [3.8, 4) is 0 Å². The third-order valence-electron chi connectivity index (χ3n) is 3.48. The fourth-order valence-corrected chi connectivity index (χ4v) is 3.86. The molecule has 0 fully saturated rings. The summed E-state index contributed by atoms with van der Waals surface area (Å²) in [6.07, 6.45) is 0. The van der Waals surface area contributed by atoms with E-state index in [-0.39, 0.29) is 23.1 Å². The summed E-state index contributed by atoms with van der Waals surface area (Å²) in [7, 11) is 0. The normalized spacial score (nSPS) is 11.1. The van der Waals surface area contributed by atoms with Gasteiger partial charge in [0, 0.05) is 21.3 Å². The first-order valence-electron chi connectivity index (χ1n) is 8.39. The molecule has 0 aliphatic carbocycles. The van der Waals surface area contributed by atoms with Crippen LogP contribution in [0.4, 0.5) is 5.69 Å². The van der Waals surface area contributed by atoms with Gasteiger partial charge in [-0.2, -0.15) is 0 Å². The molecule has 0 aliphatic heterocycles. The number of amides is 2. The summed E-state index contributed by atoms with van der Waals surface area (Å²) < 4.78 is 0. The number of halogens is 2. The molecule has 7 heteroatoms. The van der Waals surface area contributed by atoms with E-state index in [1.165, 1.54) is 11.8 Å². The van der Waals surface area contributed by atoms with Crippen molar-refractivity contribution in [3.63, 3.8) is 0 Å². The van der Waals surface area contributed by atoms with Gasteiger partial charge in [-0.3, -0.25) is 9.59 Å². The molecule has 0 aromatic heterocycles. The molecule has 0 aliphatic rings. The maximum Gasteiger partial charge on any atom is 0.253 e. The molecule has 2 aromatic rings. The lowest BCUT2D eigenvalue weighted by molar-refractivity contribution is -0.113. The van der Waals surface area contributed by atoms with Crippen molar-refractivity contribution in [1.82, 2.24) is 5.32 Å². The van der Waals surface area contributed by atoms with Crippen LogP contribution >= 0.6 is 35.0 Å². The lowest BCUT2D eigenvalue weighted by atomic mass is 10.1. The molecule has 27 heavy (non-hydrogen) atoms. The minimum Gasteiger partial charge on any atom is -0.347 e. The predicted octanol–water partition coefficient (Wildman–Crippen LogP) is 5.39. The Morgan fingerprint density at radius 3 is 2.26 bits per heavy atom. The molecule has 0 unspecified atom stereocenters. The highest BCUT2D eigenvalue weighted by Gasteiger charge is 2.18. The van der Waals surface area contributed by atoms with Crippen LogP contribution in [0.2, 0.25) is 10.0 Å². The molecule has 4 nitrogen and oxygen atoms in total. The van der Waals surface area contributed by atoms with Crippen LogP contribution in [0.3, 0.4) is 0 Å². The number of carbonyl (C=O) groups excluding carboxylic acids is 2. The highest BCUT2D eigenvalue weighted by molar-refractivity contribution is 7.99. The average Bonchev–Trinajstić information content (AvgIpc) is 2.56. The molecule has 2 rings (SSSR count). The van der Waals surface area contributed by atoms with Crippen molar-refractivity contribution in [2.45, 2.75) is 32.1 Å². The van der Waals surface area contributed by atoms with Crippen molar-refractivity contribution in [1.29, 1.82) is 0 Å². The van der Waals surface area contributed by atoms with Gasteiger partial charge in [0.05, 0.1) is 17.0 Å². The van der Waals surface area contributed by atoms with Crippen LogP contribution in [0.5, 0.6) is 0 Å². The molecule has 0 heterocycles. The number of rotatable bonds is 6. The third-order valence-corrected chi connectivity index (χ3v) is 5.14. The highest BCUT2D eigenvalue weighted by atomic mass is 35.5. The zero-order valence-electron chi connectivity index (χ0n) is 15.4. The summed E-state index contributed by atoms with van der Waals surface area (Å²) in [6, 6.07) is 12.3. The lowest BCUT2D eigenvalue weighted by Gasteiger charge is -2.21. The highest BCUT2D eigenvalue weighted by Crippen LogP contribution is 2.28. The van der Waals surface area contributed by atoms with E-state index in [9.17, 15) is 9.59 Å². The number of nitrogens with one attached hydrogen (secondary N) is 2. The average molecular weight is 425 g/mol. The zero-order chi connectivity index (χ0) is 20.0. The van der Waals surface area contributed by atoms with Gasteiger partial charge in [0.2, 0.25) is 5.91 Å². The molecule has 0 bridgehead atoms. The van der Waals surface area contributed by atoms with Crippen molar-refractivity contribution < 1.29 is 9.59 Å². The summed E-state index contributed by atoms with van der Waals surface area (Å²) in [4.78, 5) is 24.7. The summed E-state index contributed by atoms with van der Waals surface area (Å²) in [5.41, 5.74) is 1.36. The lowest BCUT2D eigenvalue weighted by Crippen LogP contribution is -2.40. The van der Waals surface area contributed by atoms with Gasteiger partial charge in [-0.05, 0) is 50.6 Å². The van der Waals surface area contributed by atoms with Gasteiger partial charge in [0.25, 0.3) is 5.91 Å². The summed E-state index contributed by atoms with van der Waals surface area (Å²) in [5, 5.41) is 6.87. The maximum atomic E-state index is 12.4. The number of thioether (sulfide) groups is 1. The second kappa shape index (κ2) is 9.49. The van der Waals surface area contributed by atoms with Gasteiger partial charge in [0.1, 0.15) is 0 Å². The van der Waals surface area contributed by atoms with Crippen LogP contribution < -0.4 is 10.6 Å². The number of hydrogen-bond donors (Lipinski definition) is 2. The van der Waals surface area contributed by atoms with E-state index in [2.05, 4.69) is 10.6 Å². The fourth-order valence-electron chi connectivity index (χ4n) is 2.30. The largest absolute Gasteiger partial charge is 0.347 e. The number of anilines is 1. The predicted molar refractivity (Wildman–Crippen MR) is 115 cm³/mol. The molecule has 0 atom stereocenters. The molecule has 2 amide bonds. The van der Waals surface area contributed by atoms with Gasteiger partial charge in [-0.15, -0.1) is 11.8 Å². The van der Waals surface area contributed by atoms with Crippen LogP contribution in [-0.2, 0) is 10.5 Å². The molecule has 144 valence electrons. The Morgan fingerprint density at radius 2 is 1.63 bits per heavy atom. The first-order chi connectivity index (χ1) is 12.7. The van der Waals surface area contributed by atoms with Gasteiger partial charge >= 0.3 is 0 Å². The quantitative estimate of drug-likeness (QED) is 0.652. The Labute approximate surface area is 174 Å². The maximum absolute atomic E-state index is 12.4. The second-order valence-corrected chi connectivity index (χ2v) is 8.79. The fraction of sp³-hybridized carbons (Fsp3) is 0.300. The zero-order valence-corrected chi connectivity index (χ0v) is 17.8. The molecular weight excluding hydrogens is 403 g/mol. The van der Waals surface area contributed by atoms with Crippen LogP contribution in [-0.4, -0.2) is 23.1 Å². The van der Waals surface area contributed by atoms with Crippen molar-refractivity contribution in [3.05, 3.63) is 63.6 Å². The van der Waals surface area contributed by atoms with E-state index in [0.717, 1.165) is 5.56 Å². The summed E-state index contributed by atoms with van der Waals surface area (Å²) >= 11 is 13.7. The molecule has 0 spiro atoms. The van der Waals surface area contributed by atoms with Crippen LogP contribution in [0, 0.1) is 0 Å². The van der Waals surface area contributed by atoms with E-state index in [4.69, 9.17) is 23.2 Å². The number of hydrogen-bond acceptors (Lipinski definition) is 3. The monoisotopic (exact) mass is 424 g/mol. The third kappa shape index (κ3) is 6.76. The van der Waals surface area contributed by atoms with Gasteiger partial charge < -0.3 is 10.6 Å². The van der Waals surface area contributed by atoms with Crippen molar-refractivity contribution in [2.75, 3.05) is 11.1 Å². The van der Waals surface area contributed by atoms with Gasteiger partial charge in [0.15, 0.2) is 0 Å². The Bertz CT molecular complexity index is 815. The number of carbonyl (C=O) groups is 2. The van der Waals surface area contributed by atoms with E-state index in [0.29, 0.717) is 27.0 Å². The standard InChI is InChI=1S/C20H22Cl2N2O2S/c1-20(2,3)24-19(26)13-7-4-5-10-17(13)23-18(25)12-27-11-14-15(21)8-6-9-16(14)22/h4-10H,11-12H2,1-3H3,(H,23,25)(H,24,26). The summed E-state index contributed by atoms with van der Waals surface area (Å²) in [6.45, 7) is 5.72. The number of para-hydroxylation sites is 1. The molecule has 2 aromatic carbocycles. The SMILES string of the molecule is CC(C)(C)NC(=O)c1ccccc1NC(=O)CSCc1c(Cl)cccc1Cl. The van der Waals surface area contributed by atoms with Gasteiger partial charge in [-0.1, -0.05) is 41.4 Å².